The number of unbranched alkanes of at least 4 members (excludes halogenated alkanes) is 2. The lowest BCUT2D eigenvalue weighted by Crippen LogP contribution is -1.94. The van der Waals surface area contributed by atoms with Gasteiger partial charge in [-0.1, -0.05) is 18.2 Å². The number of carboxylic acids is 1. The third-order valence-electron chi connectivity index (χ3n) is 2.64. The highest BCUT2D eigenvalue weighted by Gasteiger charge is 2.12. The number of Topliss-reactive ketones (excluding diaryl/α,β-unsaturated/α-hetero) is 1. The molecule has 0 aromatic heterocycles. The fourth-order valence-electron chi connectivity index (χ4n) is 1.72. The van der Waals surface area contributed by atoms with E-state index >= 15 is 0 Å². The molecule has 1 aliphatic carbocycles. The van der Waals surface area contributed by atoms with E-state index in [0.717, 1.165) is 37.7 Å². The van der Waals surface area contributed by atoms with Crippen molar-refractivity contribution in [2.24, 2.45) is 0 Å². The second-order valence-electron chi connectivity index (χ2n) is 4.01. The second kappa shape index (κ2) is 6.99. The zero-order valence-corrected chi connectivity index (χ0v) is 9.45. The molecule has 0 aliphatic heterocycles. The summed E-state index contributed by atoms with van der Waals surface area (Å²) in [6.45, 7) is 0. The third kappa shape index (κ3) is 4.91. The topological polar surface area (TPSA) is 54.4 Å². The quantitative estimate of drug-likeness (QED) is 0.532. The number of hydrogen-bond acceptors (Lipinski definition) is 2. The summed E-state index contributed by atoms with van der Waals surface area (Å²) < 4.78 is 0. The van der Waals surface area contributed by atoms with Crippen LogP contribution in [0.25, 0.3) is 0 Å². The minimum atomic E-state index is -0.731. The van der Waals surface area contributed by atoms with Crippen LogP contribution in [0.15, 0.2) is 23.8 Å². The van der Waals surface area contributed by atoms with Crippen LogP contribution in [0.4, 0.5) is 0 Å². The molecular weight excluding hydrogens is 204 g/mol. The lowest BCUT2D eigenvalue weighted by molar-refractivity contribution is -0.137. The number of ketones is 1. The first kappa shape index (κ1) is 12.7. The van der Waals surface area contributed by atoms with E-state index in [1.807, 2.05) is 18.2 Å². The van der Waals surface area contributed by atoms with Gasteiger partial charge in [0.25, 0.3) is 0 Å². The number of carboxylic acid groups (broad SMARTS) is 1. The van der Waals surface area contributed by atoms with Gasteiger partial charge in [-0.25, -0.2) is 0 Å². The predicted molar refractivity (Wildman–Crippen MR) is 62.2 cm³/mol. The highest BCUT2D eigenvalue weighted by atomic mass is 16.4. The Morgan fingerprint density at radius 3 is 2.81 bits per heavy atom. The Balaban J connectivity index is 2.05. The van der Waals surface area contributed by atoms with Gasteiger partial charge in [-0.2, -0.15) is 0 Å². The van der Waals surface area contributed by atoms with Gasteiger partial charge in [0.1, 0.15) is 0 Å². The molecule has 0 radical (unpaired) electrons. The second-order valence-corrected chi connectivity index (χ2v) is 4.01. The molecule has 0 saturated heterocycles. The molecule has 0 amide bonds. The van der Waals surface area contributed by atoms with Gasteiger partial charge in [-0.3, -0.25) is 9.59 Å². The molecule has 0 saturated carbocycles. The largest absolute Gasteiger partial charge is 0.481 e. The predicted octanol–water partition coefficient (Wildman–Crippen LogP) is 2.87. The molecule has 0 unspecified atom stereocenters. The average Bonchev–Trinajstić information content (AvgIpc) is 2.62. The van der Waals surface area contributed by atoms with Crippen LogP contribution in [0.1, 0.15) is 44.9 Å². The molecule has 1 aliphatic rings. The number of hydrogen-bond donors (Lipinski definition) is 1. The molecular formula is C13H18O3. The van der Waals surface area contributed by atoms with E-state index < -0.39 is 5.97 Å². The first-order valence-corrected chi connectivity index (χ1v) is 5.79. The Bertz CT molecular complexity index is 313. The molecule has 88 valence electrons. The van der Waals surface area contributed by atoms with E-state index in [2.05, 4.69) is 0 Å². The van der Waals surface area contributed by atoms with Gasteiger partial charge in [-0.15, -0.1) is 0 Å². The number of carbonyl (C=O) groups excluding carboxylic acids is 1. The van der Waals surface area contributed by atoms with Crippen molar-refractivity contribution < 1.29 is 14.7 Å². The first-order chi connectivity index (χ1) is 7.70. The monoisotopic (exact) mass is 222 g/mol. The fraction of sp³-hybridized carbons (Fsp3) is 0.538. The SMILES string of the molecule is O=C(O)CCCCC=CCC1=CCCC1=O. The maximum Gasteiger partial charge on any atom is 0.303 e. The lowest BCUT2D eigenvalue weighted by Gasteiger charge is -1.95. The van der Waals surface area contributed by atoms with Crippen molar-refractivity contribution in [2.75, 3.05) is 0 Å². The number of aliphatic carboxylic acids is 1. The van der Waals surface area contributed by atoms with E-state index in [4.69, 9.17) is 5.11 Å². The molecule has 1 rings (SSSR count). The first-order valence-electron chi connectivity index (χ1n) is 5.79. The van der Waals surface area contributed by atoms with E-state index in [1.165, 1.54) is 0 Å². The van der Waals surface area contributed by atoms with Gasteiger partial charge >= 0.3 is 5.97 Å². The average molecular weight is 222 g/mol. The van der Waals surface area contributed by atoms with Gasteiger partial charge in [0.15, 0.2) is 5.78 Å². The van der Waals surface area contributed by atoms with Crippen LogP contribution >= 0.6 is 0 Å². The highest BCUT2D eigenvalue weighted by molar-refractivity contribution is 5.97. The van der Waals surface area contributed by atoms with E-state index in [9.17, 15) is 9.59 Å². The molecule has 16 heavy (non-hydrogen) atoms. The van der Waals surface area contributed by atoms with E-state index in [-0.39, 0.29) is 12.2 Å². The Labute approximate surface area is 95.9 Å². The molecule has 1 N–H and O–H groups in total. The van der Waals surface area contributed by atoms with Gasteiger partial charge < -0.3 is 5.11 Å². The summed E-state index contributed by atoms with van der Waals surface area (Å²) in [4.78, 5) is 21.5. The minimum absolute atomic E-state index is 0.247. The van der Waals surface area contributed by atoms with Gasteiger partial charge in [0.2, 0.25) is 0 Å². The zero-order valence-electron chi connectivity index (χ0n) is 9.45. The van der Waals surface area contributed by atoms with Gasteiger partial charge in [0.05, 0.1) is 0 Å². The molecule has 0 spiro atoms. The van der Waals surface area contributed by atoms with Crippen molar-refractivity contribution in [2.45, 2.75) is 44.9 Å². The van der Waals surface area contributed by atoms with Crippen LogP contribution in [0.5, 0.6) is 0 Å². The van der Waals surface area contributed by atoms with E-state index in [1.54, 1.807) is 0 Å². The molecule has 0 heterocycles. The fourth-order valence-corrected chi connectivity index (χ4v) is 1.72. The maximum absolute atomic E-state index is 11.2. The number of carbonyl (C=O) groups is 2. The Morgan fingerprint density at radius 1 is 1.38 bits per heavy atom. The van der Waals surface area contributed by atoms with Gasteiger partial charge in [0, 0.05) is 12.8 Å². The summed E-state index contributed by atoms with van der Waals surface area (Å²) >= 11 is 0. The Kier molecular flexibility index (Phi) is 5.54. The summed E-state index contributed by atoms with van der Waals surface area (Å²) in [6, 6.07) is 0. The van der Waals surface area contributed by atoms with Crippen LogP contribution in [0.2, 0.25) is 0 Å². The van der Waals surface area contributed by atoms with Gasteiger partial charge in [-0.05, 0) is 37.7 Å². The van der Waals surface area contributed by atoms with Crippen molar-refractivity contribution >= 4 is 11.8 Å². The molecule has 0 aromatic carbocycles. The van der Waals surface area contributed by atoms with Crippen molar-refractivity contribution in [1.29, 1.82) is 0 Å². The standard InChI is InChI=1S/C13H18O3/c14-12-9-6-8-11(12)7-4-2-1-3-5-10-13(15)16/h2,4,8H,1,3,5-7,9-10H2,(H,15,16). The van der Waals surface area contributed by atoms with Crippen LogP contribution in [-0.4, -0.2) is 16.9 Å². The van der Waals surface area contributed by atoms with Crippen molar-refractivity contribution in [3.63, 3.8) is 0 Å². The van der Waals surface area contributed by atoms with Crippen molar-refractivity contribution in [3.05, 3.63) is 23.8 Å². The summed E-state index contributed by atoms with van der Waals surface area (Å²) in [7, 11) is 0. The summed E-state index contributed by atoms with van der Waals surface area (Å²) in [5, 5.41) is 8.43. The molecule has 0 aromatic rings. The van der Waals surface area contributed by atoms with Crippen LogP contribution in [0, 0.1) is 0 Å². The number of allylic oxidation sites excluding steroid dienone is 4. The Morgan fingerprint density at radius 2 is 2.19 bits per heavy atom. The zero-order chi connectivity index (χ0) is 11.8. The summed E-state index contributed by atoms with van der Waals surface area (Å²) in [5.74, 6) is -0.457. The molecule has 0 fully saturated rings. The molecule has 3 nitrogen and oxygen atoms in total. The molecule has 0 atom stereocenters. The Hall–Kier alpha value is -1.38. The molecule has 0 bridgehead atoms. The van der Waals surface area contributed by atoms with Crippen molar-refractivity contribution in [1.82, 2.24) is 0 Å². The van der Waals surface area contributed by atoms with Crippen molar-refractivity contribution in [3.8, 4) is 0 Å². The van der Waals surface area contributed by atoms with Crippen LogP contribution < -0.4 is 0 Å². The van der Waals surface area contributed by atoms with Crippen LogP contribution in [-0.2, 0) is 9.59 Å². The smallest absolute Gasteiger partial charge is 0.303 e. The third-order valence-corrected chi connectivity index (χ3v) is 2.64. The number of rotatable bonds is 7. The minimum Gasteiger partial charge on any atom is -0.481 e. The van der Waals surface area contributed by atoms with Crippen LogP contribution in [0.3, 0.4) is 0 Å². The summed E-state index contributed by atoms with van der Waals surface area (Å²) in [5.41, 5.74) is 0.932. The maximum atomic E-state index is 11.2. The molecule has 3 heteroatoms. The normalized spacial score (nSPS) is 15.8. The summed E-state index contributed by atoms with van der Waals surface area (Å²) in [6.07, 6.45) is 11.1. The van der Waals surface area contributed by atoms with E-state index in [0.29, 0.717) is 6.42 Å². The lowest BCUT2D eigenvalue weighted by atomic mass is 10.1. The highest BCUT2D eigenvalue weighted by Crippen LogP contribution is 2.17.